The number of amides is 2. The van der Waals surface area contributed by atoms with Gasteiger partial charge in [0.1, 0.15) is 57.9 Å². The molecule has 2 atom stereocenters. The van der Waals surface area contributed by atoms with Crippen LogP contribution in [0.25, 0.3) is 22.8 Å². The van der Waals surface area contributed by atoms with Gasteiger partial charge in [-0.3, -0.25) is 9.59 Å². The molecule has 0 fully saturated rings. The number of carbonyl (C=O) groups is 2. The van der Waals surface area contributed by atoms with Gasteiger partial charge in [0.2, 0.25) is 0 Å². The van der Waals surface area contributed by atoms with Crippen molar-refractivity contribution < 1.29 is 29.3 Å². The number of carbonyl (C=O) groups excluding carboxylic acids is 2. The fourth-order valence-electron chi connectivity index (χ4n) is 5.06. The van der Waals surface area contributed by atoms with Gasteiger partial charge in [-0.05, 0) is 77.9 Å². The first-order chi connectivity index (χ1) is 22.5. The predicted octanol–water partition coefficient (Wildman–Crippen LogP) is 3.10. The molecule has 4 aromatic rings. The summed E-state index contributed by atoms with van der Waals surface area (Å²) in [6.45, 7) is 11.5. The largest absolute Gasteiger partial charge is 0.488 e. The SMILES string of the molecule is C[C@@H]1Cn2cc(C(N)=O)nc2-c2cc(C#CC(C)(C)O)ccc2O1.C[C@H]1Cn2cc(C(N)=O)nc2-c2cc(C#CC(C)(C)O)ccc2O1. The number of nitrogens with zero attached hydrogens (tertiary/aromatic N) is 4. The second kappa shape index (κ2) is 12.9. The number of hydrogen-bond donors (Lipinski definition) is 4. The molecule has 6 N–H and O–H groups in total. The molecule has 0 saturated heterocycles. The average molecular weight is 651 g/mol. The van der Waals surface area contributed by atoms with Crippen LogP contribution in [0, 0.1) is 23.7 Å². The molecule has 0 saturated carbocycles. The van der Waals surface area contributed by atoms with Crippen molar-refractivity contribution in [2.75, 3.05) is 0 Å². The van der Waals surface area contributed by atoms with E-state index in [2.05, 4.69) is 33.6 Å². The average Bonchev–Trinajstić information content (AvgIpc) is 3.54. The van der Waals surface area contributed by atoms with Crippen molar-refractivity contribution in [2.24, 2.45) is 11.5 Å². The number of benzene rings is 2. The molecule has 2 aromatic carbocycles. The predicted molar refractivity (Wildman–Crippen MR) is 179 cm³/mol. The third-order valence-corrected chi connectivity index (χ3v) is 7.09. The van der Waals surface area contributed by atoms with Gasteiger partial charge in [0.05, 0.1) is 24.2 Å². The Labute approximate surface area is 278 Å². The van der Waals surface area contributed by atoms with Crippen LogP contribution in [0.5, 0.6) is 11.5 Å². The lowest BCUT2D eigenvalue weighted by Gasteiger charge is -2.12. The Kier molecular flexibility index (Phi) is 9.09. The lowest BCUT2D eigenvalue weighted by molar-refractivity contribution is 0.0987. The lowest BCUT2D eigenvalue weighted by atomic mass is 10.1. The molecule has 0 bridgehead atoms. The minimum Gasteiger partial charge on any atom is -0.488 e. The van der Waals surface area contributed by atoms with Gasteiger partial charge in [0.15, 0.2) is 0 Å². The van der Waals surface area contributed by atoms with Crippen molar-refractivity contribution in [3.63, 3.8) is 0 Å². The third-order valence-electron chi connectivity index (χ3n) is 7.09. The van der Waals surface area contributed by atoms with Crippen LogP contribution in [0.2, 0.25) is 0 Å². The third kappa shape index (κ3) is 8.04. The zero-order valence-corrected chi connectivity index (χ0v) is 27.7. The van der Waals surface area contributed by atoms with Gasteiger partial charge >= 0.3 is 0 Å². The van der Waals surface area contributed by atoms with E-state index in [0.29, 0.717) is 36.2 Å². The molecule has 2 aromatic heterocycles. The first-order valence-electron chi connectivity index (χ1n) is 15.3. The van der Waals surface area contributed by atoms with Crippen LogP contribution in [0.4, 0.5) is 0 Å². The molecule has 2 aliphatic rings. The van der Waals surface area contributed by atoms with Crippen LogP contribution >= 0.6 is 0 Å². The quantitative estimate of drug-likeness (QED) is 0.239. The molecular weight excluding hydrogens is 612 g/mol. The van der Waals surface area contributed by atoms with Gasteiger partial charge in [0.25, 0.3) is 11.8 Å². The highest BCUT2D eigenvalue weighted by Crippen LogP contribution is 2.35. The van der Waals surface area contributed by atoms with Crippen LogP contribution in [0.3, 0.4) is 0 Å². The first kappa shape index (κ1) is 33.8. The molecular formula is C36H38N6O6. The molecule has 0 aliphatic carbocycles. The van der Waals surface area contributed by atoms with Gasteiger partial charge in [-0.15, -0.1) is 0 Å². The highest BCUT2D eigenvalue weighted by Gasteiger charge is 2.25. The number of aromatic nitrogens is 4. The molecule has 4 heterocycles. The summed E-state index contributed by atoms with van der Waals surface area (Å²) >= 11 is 0. The minimum absolute atomic E-state index is 0.0757. The van der Waals surface area contributed by atoms with Gasteiger partial charge < -0.3 is 40.3 Å². The summed E-state index contributed by atoms with van der Waals surface area (Å²) in [4.78, 5) is 31.6. The zero-order valence-electron chi connectivity index (χ0n) is 27.7. The molecule has 12 heteroatoms. The highest BCUT2D eigenvalue weighted by molar-refractivity contribution is 5.92. The Balaban J connectivity index is 0.000000188. The van der Waals surface area contributed by atoms with E-state index in [0.717, 1.165) is 22.3 Å². The number of fused-ring (bicyclic) bond motifs is 6. The summed E-state index contributed by atoms with van der Waals surface area (Å²) in [5.74, 6) is 12.9. The monoisotopic (exact) mass is 650 g/mol. The van der Waals surface area contributed by atoms with Crippen LogP contribution < -0.4 is 20.9 Å². The maximum atomic E-state index is 11.4. The molecule has 248 valence electrons. The van der Waals surface area contributed by atoms with Gasteiger partial charge in [-0.2, -0.15) is 0 Å². The van der Waals surface area contributed by atoms with Gasteiger partial charge in [-0.25, -0.2) is 9.97 Å². The summed E-state index contributed by atoms with van der Waals surface area (Å²) in [6.07, 6.45) is 3.13. The van der Waals surface area contributed by atoms with E-state index in [4.69, 9.17) is 20.9 Å². The number of imidazole rings is 2. The van der Waals surface area contributed by atoms with Crippen LogP contribution in [-0.4, -0.2) is 64.5 Å². The number of nitrogens with two attached hydrogens (primary N) is 2. The maximum Gasteiger partial charge on any atom is 0.268 e. The summed E-state index contributed by atoms with van der Waals surface area (Å²) in [5.41, 5.74) is 11.9. The van der Waals surface area contributed by atoms with E-state index in [9.17, 15) is 19.8 Å². The standard InChI is InChI=1S/2C18H19N3O3/c2*1-11-9-21-10-14(16(19)22)20-17(21)13-8-12(4-5-15(13)24-11)6-7-18(2,3)23/h2*4-5,8,10-11,23H,9H2,1-3H3,(H2,19,22)/t2*11-/m10/s1. The van der Waals surface area contributed by atoms with Gasteiger partial charge in [0, 0.05) is 23.5 Å². The Hall–Kier alpha value is -5.56. The van der Waals surface area contributed by atoms with E-state index >= 15 is 0 Å². The van der Waals surface area contributed by atoms with E-state index < -0.39 is 23.0 Å². The van der Waals surface area contributed by atoms with Crippen LogP contribution in [-0.2, 0) is 13.1 Å². The van der Waals surface area contributed by atoms with Crippen molar-refractivity contribution in [2.45, 2.75) is 78.0 Å². The number of rotatable bonds is 2. The second-order valence-corrected chi connectivity index (χ2v) is 12.8. The fraction of sp³-hybridized carbons (Fsp3) is 0.333. The molecule has 12 nitrogen and oxygen atoms in total. The highest BCUT2D eigenvalue weighted by atomic mass is 16.5. The summed E-state index contributed by atoms with van der Waals surface area (Å²) in [7, 11) is 0. The number of ether oxygens (including phenoxy) is 2. The molecule has 0 spiro atoms. The molecule has 2 aliphatic heterocycles. The number of primary amides is 2. The Bertz CT molecular complexity index is 1880. The molecule has 48 heavy (non-hydrogen) atoms. The Morgan fingerprint density at radius 1 is 0.750 bits per heavy atom. The Morgan fingerprint density at radius 3 is 1.46 bits per heavy atom. The Morgan fingerprint density at radius 2 is 1.12 bits per heavy atom. The normalized spacial score (nSPS) is 16.1. The van der Waals surface area contributed by atoms with E-state index in [-0.39, 0.29) is 23.6 Å². The number of hydrogen-bond acceptors (Lipinski definition) is 8. The minimum atomic E-state index is -1.07. The van der Waals surface area contributed by atoms with Crippen molar-refractivity contribution in [3.8, 4) is 58.0 Å². The van der Waals surface area contributed by atoms with E-state index in [1.165, 1.54) is 0 Å². The summed E-state index contributed by atoms with van der Waals surface area (Å²) in [6, 6.07) is 11.0. The lowest BCUT2D eigenvalue weighted by Crippen LogP contribution is -2.17. The second-order valence-electron chi connectivity index (χ2n) is 12.8. The number of aliphatic hydroxyl groups is 2. The molecule has 6 rings (SSSR count). The summed E-state index contributed by atoms with van der Waals surface area (Å²) in [5, 5.41) is 19.5. The first-order valence-corrected chi connectivity index (χ1v) is 15.3. The van der Waals surface area contributed by atoms with Crippen molar-refractivity contribution >= 4 is 11.8 Å². The van der Waals surface area contributed by atoms with Crippen LogP contribution in [0.1, 0.15) is 73.6 Å². The maximum absolute atomic E-state index is 11.4. The van der Waals surface area contributed by atoms with Gasteiger partial charge in [-0.1, -0.05) is 23.7 Å². The summed E-state index contributed by atoms with van der Waals surface area (Å²) < 4.78 is 15.6. The van der Waals surface area contributed by atoms with E-state index in [1.807, 2.05) is 59.4 Å². The van der Waals surface area contributed by atoms with Crippen molar-refractivity contribution in [1.29, 1.82) is 0 Å². The van der Waals surface area contributed by atoms with Crippen LogP contribution in [0.15, 0.2) is 48.8 Å². The fourth-order valence-corrected chi connectivity index (χ4v) is 5.06. The molecule has 0 unspecified atom stereocenters. The van der Waals surface area contributed by atoms with Crippen molar-refractivity contribution in [1.82, 2.24) is 19.1 Å². The zero-order chi connectivity index (χ0) is 35.0. The molecule has 2 amide bonds. The van der Waals surface area contributed by atoms with Crippen molar-refractivity contribution in [3.05, 3.63) is 71.3 Å². The molecule has 0 radical (unpaired) electrons. The van der Waals surface area contributed by atoms with E-state index in [1.54, 1.807) is 40.1 Å². The topological polar surface area (TPSA) is 181 Å². The smallest absolute Gasteiger partial charge is 0.268 e.